The summed E-state index contributed by atoms with van der Waals surface area (Å²) in [7, 11) is 2.25. The van der Waals surface area contributed by atoms with E-state index in [9.17, 15) is 0 Å². The lowest BCUT2D eigenvalue weighted by atomic mass is 9.88. The fourth-order valence-electron chi connectivity index (χ4n) is 3.49. The Kier molecular flexibility index (Phi) is 3.81. The van der Waals surface area contributed by atoms with E-state index in [4.69, 9.17) is 0 Å². The van der Waals surface area contributed by atoms with Gasteiger partial charge in [0.05, 0.1) is 0 Å². The first-order valence-corrected chi connectivity index (χ1v) is 7.08. The molecule has 0 spiro atoms. The van der Waals surface area contributed by atoms with E-state index in [1.165, 1.54) is 26.1 Å². The molecule has 3 unspecified atom stereocenters. The minimum absolute atomic E-state index is 0.273. The second kappa shape index (κ2) is 4.87. The second-order valence-corrected chi connectivity index (χ2v) is 6.88. The zero-order valence-electron chi connectivity index (χ0n) is 12.2. The zero-order chi connectivity index (χ0) is 12.6. The minimum atomic E-state index is 0.273. The maximum atomic E-state index is 3.65. The van der Waals surface area contributed by atoms with Crippen LogP contribution in [0.1, 0.15) is 34.1 Å². The molecule has 0 aromatic rings. The molecule has 2 aliphatic rings. The summed E-state index contributed by atoms with van der Waals surface area (Å²) in [6.45, 7) is 14.3. The van der Waals surface area contributed by atoms with E-state index in [1.807, 2.05) is 0 Å². The molecule has 0 aliphatic carbocycles. The first kappa shape index (κ1) is 13.3. The van der Waals surface area contributed by atoms with Crippen LogP contribution in [0.15, 0.2) is 0 Å². The van der Waals surface area contributed by atoms with Crippen molar-refractivity contribution in [2.75, 3.05) is 33.2 Å². The average molecular weight is 239 g/mol. The predicted molar refractivity (Wildman–Crippen MR) is 73.3 cm³/mol. The summed E-state index contributed by atoms with van der Waals surface area (Å²) in [5.74, 6) is 0.796. The van der Waals surface area contributed by atoms with Crippen LogP contribution in [0.2, 0.25) is 0 Å². The van der Waals surface area contributed by atoms with Crippen LogP contribution in [0.5, 0.6) is 0 Å². The highest BCUT2D eigenvalue weighted by Crippen LogP contribution is 2.26. The number of likely N-dealkylation sites (tertiary alicyclic amines) is 1. The Hall–Kier alpha value is -0.120. The summed E-state index contributed by atoms with van der Waals surface area (Å²) in [6, 6.07) is 1.46. The quantitative estimate of drug-likeness (QED) is 0.746. The molecule has 2 saturated heterocycles. The van der Waals surface area contributed by atoms with Gasteiger partial charge in [0.25, 0.3) is 0 Å². The molecule has 100 valence electrons. The van der Waals surface area contributed by atoms with Gasteiger partial charge in [-0.15, -0.1) is 0 Å². The van der Waals surface area contributed by atoms with E-state index in [1.54, 1.807) is 0 Å². The van der Waals surface area contributed by atoms with E-state index >= 15 is 0 Å². The minimum Gasteiger partial charge on any atom is -0.309 e. The van der Waals surface area contributed by atoms with Crippen LogP contribution in [-0.4, -0.2) is 60.6 Å². The van der Waals surface area contributed by atoms with Crippen LogP contribution < -0.4 is 5.32 Å². The zero-order valence-corrected chi connectivity index (χ0v) is 12.2. The van der Waals surface area contributed by atoms with Gasteiger partial charge >= 0.3 is 0 Å². The van der Waals surface area contributed by atoms with Crippen molar-refractivity contribution in [3.63, 3.8) is 0 Å². The highest BCUT2D eigenvalue weighted by atomic mass is 15.3. The van der Waals surface area contributed by atoms with Crippen LogP contribution in [0.3, 0.4) is 0 Å². The lowest BCUT2D eigenvalue weighted by Crippen LogP contribution is -2.65. The molecule has 2 heterocycles. The molecule has 0 bridgehead atoms. The van der Waals surface area contributed by atoms with Gasteiger partial charge in [0.1, 0.15) is 0 Å². The number of rotatable bonds is 1. The maximum Gasteiger partial charge on any atom is 0.0253 e. The first-order chi connectivity index (χ1) is 7.89. The smallest absolute Gasteiger partial charge is 0.0253 e. The van der Waals surface area contributed by atoms with E-state index in [-0.39, 0.29) is 5.54 Å². The number of piperazine rings is 1. The van der Waals surface area contributed by atoms with Crippen molar-refractivity contribution in [2.24, 2.45) is 5.92 Å². The molecule has 3 nitrogen and oxygen atoms in total. The van der Waals surface area contributed by atoms with Gasteiger partial charge < -0.3 is 10.2 Å². The molecule has 2 rings (SSSR count). The largest absolute Gasteiger partial charge is 0.309 e. The molecule has 2 aliphatic heterocycles. The summed E-state index contributed by atoms with van der Waals surface area (Å²) in [5.41, 5.74) is 0.273. The number of hydrogen-bond acceptors (Lipinski definition) is 3. The average Bonchev–Trinajstić information content (AvgIpc) is 2.22. The summed E-state index contributed by atoms with van der Waals surface area (Å²) < 4.78 is 0. The summed E-state index contributed by atoms with van der Waals surface area (Å²) >= 11 is 0. The lowest BCUT2D eigenvalue weighted by Gasteiger charge is -2.50. The van der Waals surface area contributed by atoms with Crippen molar-refractivity contribution < 1.29 is 0 Å². The van der Waals surface area contributed by atoms with Crippen LogP contribution in [-0.2, 0) is 0 Å². The Balaban J connectivity index is 2.04. The van der Waals surface area contributed by atoms with Gasteiger partial charge in [-0.1, -0.05) is 6.92 Å². The Morgan fingerprint density at radius 1 is 1.24 bits per heavy atom. The van der Waals surface area contributed by atoms with Crippen LogP contribution in [0, 0.1) is 5.92 Å². The molecule has 0 aromatic carbocycles. The molecule has 0 aromatic heterocycles. The number of nitrogens with zero attached hydrogens (tertiary/aromatic N) is 2. The Bertz CT molecular complexity index is 264. The van der Waals surface area contributed by atoms with E-state index in [2.05, 4.69) is 49.9 Å². The first-order valence-electron chi connectivity index (χ1n) is 7.08. The van der Waals surface area contributed by atoms with Gasteiger partial charge in [0.2, 0.25) is 0 Å². The van der Waals surface area contributed by atoms with Gasteiger partial charge in [-0.05, 0) is 46.7 Å². The van der Waals surface area contributed by atoms with Gasteiger partial charge in [-0.2, -0.15) is 0 Å². The van der Waals surface area contributed by atoms with Crippen LogP contribution >= 0.6 is 0 Å². The molecular weight excluding hydrogens is 210 g/mol. The fraction of sp³-hybridized carbons (Fsp3) is 1.00. The molecule has 17 heavy (non-hydrogen) atoms. The standard InChI is InChI=1S/C14H29N3/c1-11-9-16(5)7-6-13(11)17-10-14(3,4)15-8-12(17)2/h11-13,15H,6-10H2,1-5H3. The maximum absolute atomic E-state index is 3.65. The number of nitrogens with one attached hydrogen (secondary N) is 1. The topological polar surface area (TPSA) is 18.5 Å². The summed E-state index contributed by atoms with van der Waals surface area (Å²) in [4.78, 5) is 5.23. The van der Waals surface area contributed by atoms with Crippen LogP contribution in [0.4, 0.5) is 0 Å². The highest BCUT2D eigenvalue weighted by molar-refractivity contribution is 4.96. The van der Waals surface area contributed by atoms with Gasteiger partial charge in [-0.3, -0.25) is 4.90 Å². The van der Waals surface area contributed by atoms with Crippen molar-refractivity contribution >= 4 is 0 Å². The second-order valence-electron chi connectivity index (χ2n) is 6.88. The van der Waals surface area contributed by atoms with Crippen molar-refractivity contribution in [2.45, 2.75) is 51.7 Å². The molecule has 3 heteroatoms. The van der Waals surface area contributed by atoms with Crippen molar-refractivity contribution in [1.82, 2.24) is 15.1 Å². The highest BCUT2D eigenvalue weighted by Gasteiger charge is 2.37. The SMILES string of the molecule is CC1CN(C)CCC1N1CC(C)(C)NCC1C. The third kappa shape index (κ3) is 3.01. The van der Waals surface area contributed by atoms with Crippen molar-refractivity contribution in [3.05, 3.63) is 0 Å². The monoisotopic (exact) mass is 239 g/mol. The molecule has 1 N–H and O–H groups in total. The third-order valence-corrected chi connectivity index (χ3v) is 4.51. The third-order valence-electron chi connectivity index (χ3n) is 4.51. The van der Waals surface area contributed by atoms with Crippen molar-refractivity contribution in [1.29, 1.82) is 0 Å². The Morgan fingerprint density at radius 2 is 1.94 bits per heavy atom. The number of piperidine rings is 1. The Morgan fingerprint density at radius 3 is 2.59 bits per heavy atom. The lowest BCUT2D eigenvalue weighted by molar-refractivity contribution is 0.00734. The van der Waals surface area contributed by atoms with Crippen LogP contribution in [0.25, 0.3) is 0 Å². The molecular formula is C14H29N3. The van der Waals surface area contributed by atoms with Gasteiger partial charge in [0, 0.05) is 37.3 Å². The predicted octanol–water partition coefficient (Wildman–Crippen LogP) is 1.40. The molecule has 0 radical (unpaired) electrons. The summed E-state index contributed by atoms with van der Waals surface area (Å²) in [5, 5.41) is 3.65. The molecule has 3 atom stereocenters. The number of hydrogen-bond donors (Lipinski definition) is 1. The Labute approximate surface area is 107 Å². The summed E-state index contributed by atoms with van der Waals surface area (Å²) in [6.07, 6.45) is 1.33. The molecule has 0 amide bonds. The van der Waals surface area contributed by atoms with E-state index in [0.717, 1.165) is 18.5 Å². The fourth-order valence-corrected chi connectivity index (χ4v) is 3.49. The molecule has 2 fully saturated rings. The van der Waals surface area contributed by atoms with E-state index in [0.29, 0.717) is 6.04 Å². The molecule has 0 saturated carbocycles. The van der Waals surface area contributed by atoms with E-state index < -0.39 is 0 Å². The normalized spacial score (nSPS) is 40.4. The van der Waals surface area contributed by atoms with Crippen molar-refractivity contribution in [3.8, 4) is 0 Å². The van der Waals surface area contributed by atoms with Gasteiger partial charge in [-0.25, -0.2) is 0 Å². The van der Waals surface area contributed by atoms with Gasteiger partial charge in [0.15, 0.2) is 0 Å².